The zero-order chi connectivity index (χ0) is 15.3. The van der Waals surface area contributed by atoms with E-state index in [-0.39, 0.29) is 12.0 Å². The standard InChI is InChI=1S/C16H23N3O2/c1-16(2,3)14-10-18-15(21-14)12-19(7-8-20)11-13-5-4-6-17-9-13/h4-6,9-10,20H,7-8,11-12H2,1-3H3. The molecule has 5 nitrogen and oxygen atoms in total. The number of hydrogen-bond donors (Lipinski definition) is 1. The molecule has 0 bridgehead atoms. The minimum atomic E-state index is -0.0452. The first-order valence-electron chi connectivity index (χ1n) is 7.16. The lowest BCUT2D eigenvalue weighted by Gasteiger charge is -2.19. The Morgan fingerprint density at radius 2 is 2.05 bits per heavy atom. The van der Waals surface area contributed by atoms with Crippen molar-refractivity contribution in [3.05, 3.63) is 47.9 Å². The van der Waals surface area contributed by atoms with Crippen molar-refractivity contribution in [2.75, 3.05) is 13.2 Å². The smallest absolute Gasteiger partial charge is 0.208 e. The SMILES string of the molecule is CC(C)(C)c1cnc(CN(CCO)Cc2cccnc2)o1. The molecule has 0 unspecified atom stereocenters. The van der Waals surface area contributed by atoms with Crippen LogP contribution < -0.4 is 0 Å². The van der Waals surface area contributed by atoms with Gasteiger partial charge in [-0.1, -0.05) is 26.8 Å². The molecule has 0 fully saturated rings. The summed E-state index contributed by atoms with van der Waals surface area (Å²) in [6.07, 6.45) is 5.38. The van der Waals surface area contributed by atoms with Crippen molar-refractivity contribution in [3.8, 4) is 0 Å². The van der Waals surface area contributed by atoms with Crippen LogP contribution in [-0.2, 0) is 18.5 Å². The highest BCUT2D eigenvalue weighted by Crippen LogP contribution is 2.23. The number of pyridine rings is 1. The molecule has 0 radical (unpaired) electrons. The highest BCUT2D eigenvalue weighted by atomic mass is 16.4. The van der Waals surface area contributed by atoms with Crippen molar-refractivity contribution >= 4 is 0 Å². The van der Waals surface area contributed by atoms with Gasteiger partial charge in [0.25, 0.3) is 0 Å². The minimum Gasteiger partial charge on any atom is -0.444 e. The summed E-state index contributed by atoms with van der Waals surface area (Å²) < 4.78 is 5.81. The lowest BCUT2D eigenvalue weighted by Crippen LogP contribution is -2.26. The van der Waals surface area contributed by atoms with Crippen LogP contribution in [0.4, 0.5) is 0 Å². The second-order valence-electron chi connectivity index (χ2n) is 6.16. The third-order valence-electron chi connectivity index (χ3n) is 3.20. The third-order valence-corrected chi connectivity index (χ3v) is 3.20. The minimum absolute atomic E-state index is 0.0452. The molecule has 0 aliphatic heterocycles. The van der Waals surface area contributed by atoms with Crippen LogP contribution in [0.1, 0.15) is 38.0 Å². The second kappa shape index (κ2) is 6.83. The van der Waals surface area contributed by atoms with Gasteiger partial charge in [0.2, 0.25) is 5.89 Å². The van der Waals surface area contributed by atoms with E-state index in [9.17, 15) is 5.11 Å². The normalized spacial score (nSPS) is 12.0. The number of hydrogen-bond acceptors (Lipinski definition) is 5. The first kappa shape index (κ1) is 15.7. The van der Waals surface area contributed by atoms with Gasteiger partial charge in [-0.15, -0.1) is 0 Å². The number of aliphatic hydroxyl groups is 1. The first-order chi connectivity index (χ1) is 9.99. The molecule has 2 aromatic rings. The predicted molar refractivity (Wildman–Crippen MR) is 80.6 cm³/mol. The zero-order valence-electron chi connectivity index (χ0n) is 12.9. The fraction of sp³-hybridized carbons (Fsp3) is 0.500. The Labute approximate surface area is 125 Å². The Kier molecular flexibility index (Phi) is 5.09. The van der Waals surface area contributed by atoms with Crippen molar-refractivity contribution in [1.29, 1.82) is 0 Å². The molecule has 5 heteroatoms. The Bertz CT molecular complexity index is 546. The van der Waals surface area contributed by atoms with Crippen molar-refractivity contribution < 1.29 is 9.52 Å². The quantitative estimate of drug-likeness (QED) is 0.884. The monoisotopic (exact) mass is 289 g/mol. The maximum atomic E-state index is 9.22. The number of nitrogens with zero attached hydrogens (tertiary/aromatic N) is 3. The fourth-order valence-corrected chi connectivity index (χ4v) is 2.03. The van der Waals surface area contributed by atoms with Crippen LogP contribution in [0.15, 0.2) is 35.1 Å². The van der Waals surface area contributed by atoms with Crippen LogP contribution in [0.3, 0.4) is 0 Å². The Hall–Kier alpha value is -1.72. The van der Waals surface area contributed by atoms with Gasteiger partial charge in [-0.3, -0.25) is 9.88 Å². The molecule has 0 aliphatic rings. The van der Waals surface area contributed by atoms with Crippen LogP contribution >= 0.6 is 0 Å². The molecule has 0 spiro atoms. The van der Waals surface area contributed by atoms with E-state index in [0.717, 1.165) is 11.3 Å². The number of aliphatic hydroxyl groups excluding tert-OH is 1. The van der Waals surface area contributed by atoms with Crippen LogP contribution in [0, 0.1) is 0 Å². The van der Waals surface area contributed by atoms with Crippen LogP contribution in [0.5, 0.6) is 0 Å². The maximum Gasteiger partial charge on any atom is 0.208 e. The molecule has 0 amide bonds. The average molecular weight is 289 g/mol. The molecule has 2 heterocycles. The van der Waals surface area contributed by atoms with E-state index in [4.69, 9.17) is 4.42 Å². The third kappa shape index (κ3) is 4.65. The van der Waals surface area contributed by atoms with Gasteiger partial charge in [-0.25, -0.2) is 4.98 Å². The topological polar surface area (TPSA) is 62.4 Å². The molecule has 2 aromatic heterocycles. The van der Waals surface area contributed by atoms with Gasteiger partial charge in [0.05, 0.1) is 19.3 Å². The Morgan fingerprint density at radius 3 is 2.62 bits per heavy atom. The van der Waals surface area contributed by atoms with E-state index < -0.39 is 0 Å². The molecule has 21 heavy (non-hydrogen) atoms. The summed E-state index contributed by atoms with van der Waals surface area (Å²) in [4.78, 5) is 10.5. The molecule has 0 atom stereocenters. The van der Waals surface area contributed by atoms with Gasteiger partial charge in [-0.2, -0.15) is 0 Å². The number of oxazole rings is 1. The average Bonchev–Trinajstić information content (AvgIpc) is 2.89. The maximum absolute atomic E-state index is 9.22. The fourth-order valence-electron chi connectivity index (χ4n) is 2.03. The molecule has 114 valence electrons. The summed E-state index contributed by atoms with van der Waals surface area (Å²) in [5, 5.41) is 9.22. The zero-order valence-corrected chi connectivity index (χ0v) is 12.9. The molecular formula is C16H23N3O2. The Morgan fingerprint density at radius 1 is 1.24 bits per heavy atom. The van der Waals surface area contributed by atoms with E-state index in [1.165, 1.54) is 0 Å². The van der Waals surface area contributed by atoms with E-state index in [1.54, 1.807) is 12.4 Å². The summed E-state index contributed by atoms with van der Waals surface area (Å²) in [6.45, 7) is 8.25. The predicted octanol–water partition coefficient (Wildman–Crippen LogP) is 2.36. The highest BCUT2D eigenvalue weighted by molar-refractivity contribution is 5.09. The van der Waals surface area contributed by atoms with E-state index in [2.05, 4.69) is 35.6 Å². The molecular weight excluding hydrogens is 266 g/mol. The van der Waals surface area contributed by atoms with Gasteiger partial charge >= 0.3 is 0 Å². The van der Waals surface area contributed by atoms with E-state index in [1.807, 2.05) is 18.3 Å². The highest BCUT2D eigenvalue weighted by Gasteiger charge is 2.20. The van der Waals surface area contributed by atoms with Crippen molar-refractivity contribution in [1.82, 2.24) is 14.9 Å². The Balaban J connectivity index is 2.04. The van der Waals surface area contributed by atoms with Gasteiger partial charge in [0.1, 0.15) is 5.76 Å². The summed E-state index contributed by atoms with van der Waals surface area (Å²) in [7, 11) is 0. The van der Waals surface area contributed by atoms with Crippen LogP contribution in [-0.4, -0.2) is 33.1 Å². The van der Waals surface area contributed by atoms with E-state index in [0.29, 0.717) is 25.5 Å². The van der Waals surface area contributed by atoms with Gasteiger partial charge < -0.3 is 9.52 Å². The van der Waals surface area contributed by atoms with Crippen molar-refractivity contribution in [3.63, 3.8) is 0 Å². The second-order valence-corrected chi connectivity index (χ2v) is 6.16. The van der Waals surface area contributed by atoms with Gasteiger partial charge in [0.15, 0.2) is 0 Å². The van der Waals surface area contributed by atoms with Crippen LogP contribution in [0.2, 0.25) is 0 Å². The van der Waals surface area contributed by atoms with Crippen LogP contribution in [0.25, 0.3) is 0 Å². The lowest BCUT2D eigenvalue weighted by atomic mass is 9.94. The van der Waals surface area contributed by atoms with Crippen molar-refractivity contribution in [2.24, 2.45) is 0 Å². The summed E-state index contributed by atoms with van der Waals surface area (Å²) in [6, 6.07) is 3.93. The molecule has 0 saturated heterocycles. The first-order valence-corrected chi connectivity index (χ1v) is 7.16. The number of rotatable bonds is 6. The van der Waals surface area contributed by atoms with E-state index >= 15 is 0 Å². The molecule has 0 saturated carbocycles. The van der Waals surface area contributed by atoms with Crippen molar-refractivity contribution in [2.45, 2.75) is 39.3 Å². The summed E-state index contributed by atoms with van der Waals surface area (Å²) in [5.74, 6) is 1.56. The largest absolute Gasteiger partial charge is 0.444 e. The summed E-state index contributed by atoms with van der Waals surface area (Å²) >= 11 is 0. The van der Waals surface area contributed by atoms with Gasteiger partial charge in [-0.05, 0) is 11.6 Å². The molecule has 1 N–H and O–H groups in total. The summed E-state index contributed by atoms with van der Waals surface area (Å²) in [5.41, 5.74) is 1.06. The molecule has 0 aromatic carbocycles. The number of aromatic nitrogens is 2. The lowest BCUT2D eigenvalue weighted by molar-refractivity contribution is 0.170. The molecule has 2 rings (SSSR count). The molecule has 0 aliphatic carbocycles. The van der Waals surface area contributed by atoms with Gasteiger partial charge in [0, 0.05) is 30.9 Å².